The molecule has 0 bridgehead atoms. The van der Waals surface area contributed by atoms with Gasteiger partial charge in [0.15, 0.2) is 0 Å². The SMILES string of the molecule is CC(NC(=O)CC1(N)CCC1)(C(=O)O)C1CC1. The Kier molecular flexibility index (Phi) is 2.89. The summed E-state index contributed by atoms with van der Waals surface area (Å²) < 4.78 is 0. The summed E-state index contributed by atoms with van der Waals surface area (Å²) in [5.41, 5.74) is 4.47. The maximum absolute atomic E-state index is 11.8. The van der Waals surface area contributed by atoms with Gasteiger partial charge in [0.05, 0.1) is 0 Å². The van der Waals surface area contributed by atoms with Crippen molar-refractivity contribution in [3.63, 3.8) is 0 Å². The molecule has 0 saturated heterocycles. The number of hydrogen-bond donors (Lipinski definition) is 3. The molecule has 0 aliphatic heterocycles. The zero-order valence-corrected chi connectivity index (χ0v) is 10.2. The largest absolute Gasteiger partial charge is 0.480 e. The summed E-state index contributed by atoms with van der Waals surface area (Å²) in [6, 6.07) is 0. The van der Waals surface area contributed by atoms with E-state index in [2.05, 4.69) is 5.32 Å². The topological polar surface area (TPSA) is 92.4 Å². The van der Waals surface area contributed by atoms with Gasteiger partial charge in [-0.1, -0.05) is 0 Å². The quantitative estimate of drug-likeness (QED) is 0.657. The Morgan fingerprint density at radius 2 is 2.06 bits per heavy atom. The highest BCUT2D eigenvalue weighted by Crippen LogP contribution is 2.40. The van der Waals surface area contributed by atoms with Gasteiger partial charge in [-0.3, -0.25) is 4.79 Å². The zero-order valence-electron chi connectivity index (χ0n) is 10.2. The van der Waals surface area contributed by atoms with Gasteiger partial charge in [0.2, 0.25) is 5.91 Å². The minimum absolute atomic E-state index is 0.0686. The molecular weight excluding hydrogens is 220 g/mol. The lowest BCUT2D eigenvalue weighted by Gasteiger charge is -2.38. The van der Waals surface area contributed by atoms with Crippen molar-refractivity contribution in [2.45, 2.75) is 56.5 Å². The molecule has 4 N–H and O–H groups in total. The van der Waals surface area contributed by atoms with Crippen molar-refractivity contribution in [1.82, 2.24) is 5.32 Å². The highest BCUT2D eigenvalue weighted by Gasteiger charge is 2.49. The zero-order chi connectivity index (χ0) is 12.7. The molecule has 17 heavy (non-hydrogen) atoms. The third-order valence-electron chi connectivity index (χ3n) is 4.10. The maximum Gasteiger partial charge on any atom is 0.329 e. The fourth-order valence-corrected chi connectivity index (χ4v) is 2.45. The first-order valence-electron chi connectivity index (χ1n) is 6.19. The number of hydrogen-bond acceptors (Lipinski definition) is 3. The molecule has 2 aliphatic carbocycles. The summed E-state index contributed by atoms with van der Waals surface area (Å²) >= 11 is 0. The molecule has 1 unspecified atom stereocenters. The van der Waals surface area contributed by atoms with Gasteiger partial charge in [0.25, 0.3) is 0 Å². The summed E-state index contributed by atoms with van der Waals surface area (Å²) in [6.07, 6.45) is 4.75. The summed E-state index contributed by atoms with van der Waals surface area (Å²) in [6.45, 7) is 1.59. The van der Waals surface area contributed by atoms with E-state index in [0.29, 0.717) is 0 Å². The van der Waals surface area contributed by atoms with Crippen molar-refractivity contribution < 1.29 is 14.7 Å². The van der Waals surface area contributed by atoms with Crippen molar-refractivity contribution in [3.05, 3.63) is 0 Å². The second kappa shape index (κ2) is 3.98. The van der Waals surface area contributed by atoms with Crippen LogP contribution in [0, 0.1) is 5.92 Å². The highest BCUT2D eigenvalue weighted by molar-refractivity contribution is 5.87. The van der Waals surface area contributed by atoms with E-state index in [0.717, 1.165) is 32.1 Å². The lowest BCUT2D eigenvalue weighted by molar-refractivity contribution is -0.148. The van der Waals surface area contributed by atoms with Gasteiger partial charge in [-0.2, -0.15) is 0 Å². The van der Waals surface area contributed by atoms with Crippen LogP contribution in [0.5, 0.6) is 0 Å². The molecule has 0 aromatic carbocycles. The molecule has 5 heteroatoms. The minimum Gasteiger partial charge on any atom is -0.480 e. The summed E-state index contributed by atoms with van der Waals surface area (Å²) in [5.74, 6) is -1.11. The first-order chi connectivity index (χ1) is 7.86. The average molecular weight is 240 g/mol. The number of amides is 1. The van der Waals surface area contributed by atoms with E-state index in [-0.39, 0.29) is 18.2 Å². The van der Waals surface area contributed by atoms with E-state index in [4.69, 9.17) is 5.73 Å². The Bertz CT molecular complexity index is 348. The van der Waals surface area contributed by atoms with Crippen LogP contribution in [-0.4, -0.2) is 28.1 Å². The second-order valence-corrected chi connectivity index (χ2v) is 5.72. The van der Waals surface area contributed by atoms with E-state index in [1.807, 2.05) is 0 Å². The van der Waals surface area contributed by atoms with Gasteiger partial charge in [0.1, 0.15) is 5.54 Å². The number of aliphatic carboxylic acids is 1. The van der Waals surface area contributed by atoms with Crippen LogP contribution in [0.15, 0.2) is 0 Å². The monoisotopic (exact) mass is 240 g/mol. The fraction of sp³-hybridized carbons (Fsp3) is 0.833. The van der Waals surface area contributed by atoms with Crippen LogP contribution in [0.1, 0.15) is 45.4 Å². The summed E-state index contributed by atoms with van der Waals surface area (Å²) in [7, 11) is 0. The Morgan fingerprint density at radius 3 is 2.41 bits per heavy atom. The van der Waals surface area contributed by atoms with Crippen LogP contribution >= 0.6 is 0 Å². The van der Waals surface area contributed by atoms with Crippen molar-refractivity contribution in [3.8, 4) is 0 Å². The van der Waals surface area contributed by atoms with E-state index >= 15 is 0 Å². The second-order valence-electron chi connectivity index (χ2n) is 5.72. The molecule has 0 aromatic rings. The maximum atomic E-state index is 11.8. The Hall–Kier alpha value is -1.10. The average Bonchev–Trinajstić information content (AvgIpc) is 2.97. The molecule has 96 valence electrons. The van der Waals surface area contributed by atoms with Crippen LogP contribution in [0.2, 0.25) is 0 Å². The Balaban J connectivity index is 1.94. The number of carboxylic acid groups (broad SMARTS) is 1. The molecule has 1 amide bonds. The Morgan fingerprint density at radius 1 is 1.47 bits per heavy atom. The Labute approximate surface area is 101 Å². The molecule has 0 aromatic heterocycles. The van der Waals surface area contributed by atoms with Crippen molar-refractivity contribution in [2.24, 2.45) is 11.7 Å². The fourth-order valence-electron chi connectivity index (χ4n) is 2.45. The van der Waals surface area contributed by atoms with Crippen LogP contribution in [0.3, 0.4) is 0 Å². The highest BCUT2D eigenvalue weighted by atomic mass is 16.4. The molecule has 0 spiro atoms. The van der Waals surface area contributed by atoms with Crippen LogP contribution in [0.25, 0.3) is 0 Å². The first kappa shape index (κ1) is 12.4. The van der Waals surface area contributed by atoms with Crippen molar-refractivity contribution in [2.75, 3.05) is 0 Å². The predicted molar refractivity (Wildman–Crippen MR) is 62.3 cm³/mol. The summed E-state index contributed by atoms with van der Waals surface area (Å²) in [5, 5.41) is 11.9. The van der Waals surface area contributed by atoms with Gasteiger partial charge in [-0.05, 0) is 44.9 Å². The normalized spacial score (nSPS) is 25.5. The molecule has 2 rings (SSSR count). The smallest absolute Gasteiger partial charge is 0.329 e. The van der Waals surface area contributed by atoms with E-state index in [9.17, 15) is 14.7 Å². The molecule has 0 heterocycles. The van der Waals surface area contributed by atoms with Gasteiger partial charge in [-0.25, -0.2) is 4.79 Å². The van der Waals surface area contributed by atoms with E-state index in [1.54, 1.807) is 6.92 Å². The lowest BCUT2D eigenvalue weighted by atomic mass is 9.75. The minimum atomic E-state index is -1.11. The molecule has 0 radical (unpaired) electrons. The van der Waals surface area contributed by atoms with Gasteiger partial charge in [-0.15, -0.1) is 0 Å². The third kappa shape index (κ3) is 2.44. The standard InChI is InChI=1S/C12H20N2O3/c1-11(10(16)17,8-3-4-8)14-9(15)7-12(13)5-2-6-12/h8H,2-7,13H2,1H3,(H,14,15)(H,16,17). The number of carbonyl (C=O) groups is 2. The molecule has 1 atom stereocenters. The van der Waals surface area contributed by atoms with Crippen molar-refractivity contribution in [1.29, 1.82) is 0 Å². The van der Waals surface area contributed by atoms with Gasteiger partial charge in [0, 0.05) is 12.0 Å². The molecule has 2 fully saturated rings. The van der Waals surface area contributed by atoms with Crippen LogP contribution in [-0.2, 0) is 9.59 Å². The molecule has 2 saturated carbocycles. The van der Waals surface area contributed by atoms with Gasteiger partial charge >= 0.3 is 5.97 Å². The first-order valence-corrected chi connectivity index (χ1v) is 6.19. The predicted octanol–water partition coefficient (Wildman–Crippen LogP) is 0.627. The number of nitrogens with one attached hydrogen (secondary N) is 1. The number of carbonyl (C=O) groups excluding carboxylic acids is 1. The molecule has 2 aliphatic rings. The lowest BCUT2D eigenvalue weighted by Crippen LogP contribution is -2.57. The van der Waals surface area contributed by atoms with Crippen molar-refractivity contribution >= 4 is 11.9 Å². The van der Waals surface area contributed by atoms with E-state index in [1.165, 1.54) is 0 Å². The molecule has 5 nitrogen and oxygen atoms in total. The van der Waals surface area contributed by atoms with Gasteiger partial charge < -0.3 is 16.2 Å². The number of carboxylic acids is 1. The third-order valence-corrected chi connectivity index (χ3v) is 4.10. The number of rotatable bonds is 5. The summed E-state index contributed by atoms with van der Waals surface area (Å²) in [4.78, 5) is 23.1. The molecular formula is C12H20N2O3. The van der Waals surface area contributed by atoms with Crippen LogP contribution < -0.4 is 11.1 Å². The van der Waals surface area contributed by atoms with E-state index < -0.39 is 17.0 Å². The van der Waals surface area contributed by atoms with Crippen LogP contribution in [0.4, 0.5) is 0 Å². The number of nitrogens with two attached hydrogens (primary N) is 1.